The Labute approximate surface area is 139 Å². The zero-order chi connectivity index (χ0) is 15.8. The molecule has 0 radical (unpaired) electrons. The molecule has 5 nitrogen and oxygen atoms in total. The minimum atomic E-state index is -0.0530. The van der Waals surface area contributed by atoms with Crippen molar-refractivity contribution in [3.63, 3.8) is 0 Å². The highest BCUT2D eigenvalue weighted by Gasteiger charge is 2.40. The molecule has 3 saturated heterocycles. The first-order valence-corrected chi connectivity index (χ1v) is 8.96. The average molecular weight is 328 g/mol. The van der Waals surface area contributed by atoms with Gasteiger partial charge in [-0.15, -0.1) is 11.3 Å². The minimum Gasteiger partial charge on any atom is -0.345 e. The molecular formula is C17H20N4OS. The summed E-state index contributed by atoms with van der Waals surface area (Å²) < 4.78 is 0. The van der Waals surface area contributed by atoms with Crippen LogP contribution in [0.5, 0.6) is 0 Å². The van der Waals surface area contributed by atoms with E-state index in [1.165, 1.54) is 37.3 Å². The smallest absolute Gasteiger partial charge is 0.280 e. The number of aromatic nitrogens is 2. The van der Waals surface area contributed by atoms with Crippen LogP contribution < -0.4 is 5.32 Å². The largest absolute Gasteiger partial charge is 0.345 e. The van der Waals surface area contributed by atoms with Gasteiger partial charge in [-0.1, -0.05) is 6.07 Å². The first-order valence-electron chi connectivity index (χ1n) is 8.14. The fourth-order valence-corrected chi connectivity index (χ4v) is 4.56. The molecule has 0 spiro atoms. The molecule has 1 N–H and O–H groups in total. The van der Waals surface area contributed by atoms with Gasteiger partial charge < -0.3 is 5.32 Å². The Kier molecular flexibility index (Phi) is 3.87. The molecule has 0 aromatic carbocycles. The van der Waals surface area contributed by atoms with E-state index in [4.69, 9.17) is 0 Å². The van der Waals surface area contributed by atoms with Gasteiger partial charge in [0.15, 0.2) is 5.01 Å². The molecule has 3 aliphatic heterocycles. The zero-order valence-corrected chi connectivity index (χ0v) is 13.9. The number of amides is 1. The number of nitrogens with zero attached hydrogens (tertiary/aromatic N) is 3. The van der Waals surface area contributed by atoms with Crippen LogP contribution in [-0.2, 0) is 0 Å². The van der Waals surface area contributed by atoms with Crippen molar-refractivity contribution in [1.29, 1.82) is 0 Å². The first kappa shape index (κ1) is 14.8. The molecule has 3 fully saturated rings. The fourth-order valence-electron chi connectivity index (χ4n) is 3.76. The van der Waals surface area contributed by atoms with Crippen LogP contribution in [-0.4, -0.2) is 45.9 Å². The zero-order valence-electron chi connectivity index (χ0n) is 13.1. The summed E-state index contributed by atoms with van der Waals surface area (Å²) >= 11 is 1.40. The van der Waals surface area contributed by atoms with E-state index in [2.05, 4.69) is 27.1 Å². The quantitative estimate of drug-likeness (QED) is 0.940. The third-order valence-electron chi connectivity index (χ3n) is 5.09. The lowest BCUT2D eigenvalue weighted by atomic mass is 9.79. The lowest BCUT2D eigenvalue weighted by molar-refractivity contribution is 0.0217. The topological polar surface area (TPSA) is 58.1 Å². The van der Waals surface area contributed by atoms with E-state index in [9.17, 15) is 4.79 Å². The molecule has 5 heterocycles. The van der Waals surface area contributed by atoms with Crippen molar-refractivity contribution in [2.45, 2.75) is 31.8 Å². The van der Waals surface area contributed by atoms with Gasteiger partial charge in [-0.05, 0) is 50.9 Å². The van der Waals surface area contributed by atoms with Gasteiger partial charge in [0.05, 0.1) is 10.6 Å². The molecule has 1 amide bonds. The number of rotatable bonds is 3. The maximum atomic E-state index is 12.6. The monoisotopic (exact) mass is 328 g/mol. The Hall–Kier alpha value is -1.79. The van der Waals surface area contributed by atoms with Crippen LogP contribution in [0.25, 0.3) is 10.6 Å². The van der Waals surface area contributed by atoms with Crippen LogP contribution in [0, 0.1) is 5.92 Å². The third-order valence-corrected chi connectivity index (χ3v) is 6.11. The van der Waals surface area contributed by atoms with Crippen LogP contribution in [0.1, 0.15) is 29.6 Å². The van der Waals surface area contributed by atoms with Gasteiger partial charge in [-0.3, -0.25) is 14.7 Å². The number of piperidine rings is 3. The SMILES string of the molecule is CC1C(NC(=O)c2ncc(-c3ccccn3)s2)C2CCN1CC2. The number of nitrogens with one attached hydrogen (secondary N) is 1. The number of hydrogen-bond acceptors (Lipinski definition) is 5. The minimum absolute atomic E-state index is 0.0530. The number of pyridine rings is 1. The molecule has 3 aliphatic rings. The van der Waals surface area contributed by atoms with E-state index < -0.39 is 0 Å². The summed E-state index contributed by atoms with van der Waals surface area (Å²) in [4.78, 5) is 24.6. The number of fused-ring (bicyclic) bond motifs is 3. The number of hydrogen-bond donors (Lipinski definition) is 1. The lowest BCUT2D eigenvalue weighted by Gasteiger charge is -2.49. The number of thiazole rings is 1. The molecule has 2 atom stereocenters. The molecule has 2 aromatic rings. The van der Waals surface area contributed by atoms with E-state index in [1.54, 1.807) is 12.4 Å². The van der Waals surface area contributed by atoms with Crippen molar-refractivity contribution < 1.29 is 4.79 Å². The van der Waals surface area contributed by atoms with Crippen LogP contribution in [0.2, 0.25) is 0 Å². The fraction of sp³-hybridized carbons (Fsp3) is 0.471. The highest BCUT2D eigenvalue weighted by Crippen LogP contribution is 2.32. The van der Waals surface area contributed by atoms with Crippen LogP contribution in [0.15, 0.2) is 30.6 Å². The number of carbonyl (C=O) groups excluding carboxylic acids is 1. The third kappa shape index (κ3) is 2.77. The molecule has 120 valence electrons. The molecule has 2 aromatic heterocycles. The molecule has 5 rings (SSSR count). The van der Waals surface area contributed by atoms with E-state index in [-0.39, 0.29) is 11.9 Å². The summed E-state index contributed by atoms with van der Waals surface area (Å²) in [6.07, 6.45) is 5.87. The van der Waals surface area contributed by atoms with Crippen molar-refractivity contribution in [3.05, 3.63) is 35.6 Å². The van der Waals surface area contributed by atoms with Crippen molar-refractivity contribution in [1.82, 2.24) is 20.2 Å². The summed E-state index contributed by atoms with van der Waals surface area (Å²) in [7, 11) is 0. The second-order valence-electron chi connectivity index (χ2n) is 6.36. The van der Waals surface area contributed by atoms with Gasteiger partial charge >= 0.3 is 0 Å². The maximum Gasteiger partial charge on any atom is 0.280 e. The molecule has 2 unspecified atom stereocenters. The van der Waals surface area contributed by atoms with E-state index in [1.807, 2.05) is 18.2 Å². The number of carbonyl (C=O) groups is 1. The van der Waals surface area contributed by atoms with Crippen molar-refractivity contribution in [3.8, 4) is 10.6 Å². The van der Waals surface area contributed by atoms with Crippen molar-refractivity contribution in [2.24, 2.45) is 5.92 Å². The Morgan fingerprint density at radius 1 is 1.30 bits per heavy atom. The van der Waals surface area contributed by atoms with E-state index >= 15 is 0 Å². The predicted octanol–water partition coefficient (Wildman–Crippen LogP) is 2.42. The Morgan fingerprint density at radius 3 is 2.83 bits per heavy atom. The van der Waals surface area contributed by atoms with Crippen LogP contribution >= 0.6 is 11.3 Å². The van der Waals surface area contributed by atoms with Gasteiger partial charge in [0.1, 0.15) is 0 Å². The molecular weight excluding hydrogens is 308 g/mol. The van der Waals surface area contributed by atoms with Gasteiger partial charge in [-0.25, -0.2) is 4.98 Å². The van der Waals surface area contributed by atoms with Gasteiger partial charge in [0.25, 0.3) is 5.91 Å². The van der Waals surface area contributed by atoms with E-state index in [0.29, 0.717) is 17.0 Å². The van der Waals surface area contributed by atoms with E-state index in [0.717, 1.165) is 10.6 Å². The summed E-state index contributed by atoms with van der Waals surface area (Å²) in [6.45, 7) is 4.55. The molecule has 0 saturated carbocycles. The molecule has 6 heteroatoms. The first-order chi connectivity index (χ1) is 11.2. The van der Waals surface area contributed by atoms with Crippen LogP contribution in [0.3, 0.4) is 0 Å². The second-order valence-corrected chi connectivity index (χ2v) is 7.39. The summed E-state index contributed by atoms with van der Waals surface area (Å²) in [6, 6.07) is 6.42. The highest BCUT2D eigenvalue weighted by atomic mass is 32.1. The predicted molar refractivity (Wildman–Crippen MR) is 90.4 cm³/mol. The van der Waals surface area contributed by atoms with Crippen molar-refractivity contribution in [2.75, 3.05) is 13.1 Å². The van der Waals surface area contributed by atoms with Crippen LogP contribution in [0.4, 0.5) is 0 Å². The standard InChI is InChI=1S/C17H20N4OS/c1-11-15(12-5-8-21(11)9-6-12)20-16(22)17-19-10-14(23-17)13-4-2-3-7-18-13/h2-4,7,10-12,15H,5-6,8-9H2,1H3,(H,20,22). The Balaban J connectivity index is 1.49. The average Bonchev–Trinajstić information content (AvgIpc) is 3.09. The lowest BCUT2D eigenvalue weighted by Crippen LogP contribution is -2.62. The Morgan fingerprint density at radius 2 is 2.13 bits per heavy atom. The van der Waals surface area contributed by atoms with Gasteiger partial charge in [0, 0.05) is 24.5 Å². The van der Waals surface area contributed by atoms with Gasteiger partial charge in [-0.2, -0.15) is 0 Å². The summed E-state index contributed by atoms with van der Waals surface area (Å²) in [5.41, 5.74) is 0.861. The maximum absolute atomic E-state index is 12.6. The Bertz CT molecular complexity index is 692. The molecule has 2 bridgehead atoms. The van der Waals surface area contributed by atoms with Crippen molar-refractivity contribution >= 4 is 17.2 Å². The van der Waals surface area contributed by atoms with Gasteiger partial charge in [0.2, 0.25) is 0 Å². The molecule has 0 aliphatic carbocycles. The summed E-state index contributed by atoms with van der Waals surface area (Å²) in [5, 5.41) is 3.75. The summed E-state index contributed by atoms with van der Waals surface area (Å²) in [5.74, 6) is 0.553. The molecule has 23 heavy (non-hydrogen) atoms. The normalized spacial score (nSPS) is 29.4. The highest BCUT2D eigenvalue weighted by molar-refractivity contribution is 7.16. The second kappa shape index (κ2) is 6.02.